The second-order valence-electron chi connectivity index (χ2n) is 6.98. The SMILES string of the molecule is C=C(C)[C@H]1CC[C@@]2(C)OP(=S)(C(C)(C)C)S[C@@H]2C1. The summed E-state index contributed by atoms with van der Waals surface area (Å²) in [6, 6.07) is 0. The molecule has 0 aromatic rings. The van der Waals surface area contributed by atoms with Crippen LogP contribution < -0.4 is 0 Å². The molecule has 1 saturated carbocycles. The lowest BCUT2D eigenvalue weighted by Gasteiger charge is -2.38. The largest absolute Gasteiger partial charge is 0.334 e. The molecule has 0 radical (unpaired) electrons. The summed E-state index contributed by atoms with van der Waals surface area (Å²) in [5.41, 5.74) is -0.420. The van der Waals surface area contributed by atoms with Gasteiger partial charge in [0.15, 0.2) is 0 Å². The molecule has 1 aliphatic heterocycles. The first-order chi connectivity index (χ1) is 8.07. The molecule has 1 nitrogen and oxygen atoms in total. The van der Waals surface area contributed by atoms with E-state index in [1.165, 1.54) is 18.4 Å². The first-order valence-corrected chi connectivity index (χ1v) is 10.9. The van der Waals surface area contributed by atoms with Gasteiger partial charge in [-0.25, -0.2) is 0 Å². The van der Waals surface area contributed by atoms with Crippen LogP contribution in [0.5, 0.6) is 0 Å². The van der Waals surface area contributed by atoms with E-state index in [9.17, 15) is 0 Å². The van der Waals surface area contributed by atoms with Gasteiger partial charge in [-0.05, 0) is 39.0 Å². The van der Waals surface area contributed by atoms with Crippen molar-refractivity contribution in [3.8, 4) is 0 Å². The Morgan fingerprint density at radius 1 is 1.50 bits per heavy atom. The highest BCUT2D eigenvalue weighted by molar-refractivity contribution is 8.70. The molecular weight excluding hydrogens is 279 g/mol. The maximum Gasteiger partial charge on any atom is 0.125 e. The summed E-state index contributed by atoms with van der Waals surface area (Å²) in [6.45, 7) is 15.3. The van der Waals surface area contributed by atoms with Crippen LogP contribution in [0.15, 0.2) is 12.2 Å². The van der Waals surface area contributed by atoms with Crippen molar-refractivity contribution in [1.29, 1.82) is 0 Å². The molecule has 4 atom stereocenters. The van der Waals surface area contributed by atoms with E-state index in [2.05, 4.69) is 41.2 Å². The Bertz CT molecular complexity index is 413. The van der Waals surface area contributed by atoms with E-state index in [0.29, 0.717) is 11.2 Å². The van der Waals surface area contributed by atoms with Crippen molar-refractivity contribution in [1.82, 2.24) is 0 Å². The molecule has 0 N–H and O–H groups in total. The standard InChI is InChI=1S/C14H25OPS2/c1-10(2)11-7-8-14(6)12(9-11)18-16(17,15-14)13(3,4)5/h11-12H,1,7-9H2,2-6H3/t11-,12+,14+,16?/m0/s1. The quantitative estimate of drug-likeness (QED) is 0.476. The van der Waals surface area contributed by atoms with Crippen LogP contribution in [-0.2, 0) is 16.3 Å². The van der Waals surface area contributed by atoms with E-state index in [-0.39, 0.29) is 10.8 Å². The number of rotatable bonds is 1. The maximum absolute atomic E-state index is 6.49. The molecule has 104 valence electrons. The van der Waals surface area contributed by atoms with E-state index in [4.69, 9.17) is 16.3 Å². The average Bonchev–Trinajstić information content (AvgIpc) is 2.47. The van der Waals surface area contributed by atoms with Crippen LogP contribution in [0.25, 0.3) is 0 Å². The Morgan fingerprint density at radius 3 is 2.61 bits per heavy atom. The fraction of sp³-hybridized carbons (Fsp3) is 0.857. The van der Waals surface area contributed by atoms with Crippen LogP contribution in [0.4, 0.5) is 0 Å². The molecule has 1 aliphatic carbocycles. The predicted octanol–water partition coefficient (Wildman–Crippen LogP) is 5.36. The number of allylic oxidation sites excluding steroid dienone is 1. The van der Waals surface area contributed by atoms with Crippen LogP contribution in [0, 0.1) is 5.92 Å². The summed E-state index contributed by atoms with van der Waals surface area (Å²) in [6.07, 6.45) is 3.55. The second-order valence-corrected chi connectivity index (χ2v) is 14.7. The summed E-state index contributed by atoms with van der Waals surface area (Å²) in [4.78, 5) is 0. The molecule has 2 aliphatic rings. The highest BCUT2D eigenvalue weighted by atomic mass is 32.9. The van der Waals surface area contributed by atoms with Gasteiger partial charge < -0.3 is 4.52 Å². The molecule has 0 amide bonds. The van der Waals surface area contributed by atoms with Crippen LogP contribution in [0.2, 0.25) is 0 Å². The van der Waals surface area contributed by atoms with Gasteiger partial charge in [0, 0.05) is 10.4 Å². The van der Waals surface area contributed by atoms with Crippen molar-refractivity contribution < 1.29 is 4.52 Å². The summed E-state index contributed by atoms with van der Waals surface area (Å²) < 4.78 is 6.49. The molecule has 0 aromatic carbocycles. The first kappa shape index (κ1) is 15.1. The minimum absolute atomic E-state index is 0.0133. The van der Waals surface area contributed by atoms with Crippen LogP contribution >= 0.6 is 16.8 Å². The fourth-order valence-electron chi connectivity index (χ4n) is 2.71. The normalized spacial score (nSPS) is 44.7. The van der Waals surface area contributed by atoms with Gasteiger partial charge in [0.25, 0.3) is 0 Å². The monoisotopic (exact) mass is 304 g/mol. The molecule has 18 heavy (non-hydrogen) atoms. The molecule has 2 rings (SSSR count). The van der Waals surface area contributed by atoms with Crippen LogP contribution in [0.3, 0.4) is 0 Å². The smallest absolute Gasteiger partial charge is 0.125 e. The van der Waals surface area contributed by atoms with Gasteiger partial charge in [0.05, 0.1) is 5.60 Å². The maximum atomic E-state index is 6.49. The third-order valence-electron chi connectivity index (χ3n) is 4.28. The highest BCUT2D eigenvalue weighted by Crippen LogP contribution is 2.79. The highest BCUT2D eigenvalue weighted by Gasteiger charge is 2.55. The Hall–Kier alpha value is 0.700. The van der Waals surface area contributed by atoms with E-state index < -0.39 is 5.47 Å². The van der Waals surface area contributed by atoms with E-state index in [1.807, 2.05) is 11.4 Å². The summed E-state index contributed by atoms with van der Waals surface area (Å²) in [7, 11) is 0. The number of fused-ring (bicyclic) bond motifs is 1. The Balaban J connectivity index is 2.23. The zero-order chi connectivity index (χ0) is 13.8. The van der Waals surface area contributed by atoms with Crippen molar-refractivity contribution in [3.63, 3.8) is 0 Å². The van der Waals surface area contributed by atoms with Gasteiger partial charge in [-0.3, -0.25) is 0 Å². The molecule has 2 fully saturated rings. The molecule has 0 bridgehead atoms. The van der Waals surface area contributed by atoms with Gasteiger partial charge in [-0.1, -0.05) is 56.1 Å². The second kappa shape index (κ2) is 4.62. The zero-order valence-electron chi connectivity index (χ0n) is 12.2. The van der Waals surface area contributed by atoms with Gasteiger partial charge in [0.2, 0.25) is 0 Å². The van der Waals surface area contributed by atoms with Crippen molar-refractivity contribution in [2.24, 2.45) is 5.92 Å². The topological polar surface area (TPSA) is 9.23 Å². The Labute approximate surface area is 121 Å². The van der Waals surface area contributed by atoms with Crippen molar-refractivity contribution >= 4 is 28.7 Å². The molecule has 1 unspecified atom stereocenters. The van der Waals surface area contributed by atoms with Crippen molar-refractivity contribution in [2.45, 2.75) is 69.9 Å². The third kappa shape index (κ3) is 2.49. The molecular formula is C14H25OPS2. The van der Waals surface area contributed by atoms with Gasteiger partial charge >= 0.3 is 0 Å². The summed E-state index contributed by atoms with van der Waals surface area (Å²) in [5.74, 6) is 0.667. The fourth-order valence-corrected chi connectivity index (χ4v) is 10.2. The molecule has 1 saturated heterocycles. The Kier molecular flexibility index (Phi) is 3.87. The van der Waals surface area contributed by atoms with Crippen LogP contribution in [0.1, 0.15) is 53.9 Å². The predicted molar refractivity (Wildman–Crippen MR) is 87.1 cm³/mol. The van der Waals surface area contributed by atoms with Gasteiger partial charge in [-0.15, -0.1) is 0 Å². The molecule has 0 aromatic heterocycles. The lowest BCUT2D eigenvalue weighted by molar-refractivity contribution is 0.0649. The third-order valence-corrected chi connectivity index (χ3v) is 13.9. The zero-order valence-corrected chi connectivity index (χ0v) is 14.7. The van der Waals surface area contributed by atoms with E-state index in [1.54, 1.807) is 0 Å². The van der Waals surface area contributed by atoms with Crippen molar-refractivity contribution in [3.05, 3.63) is 12.2 Å². The van der Waals surface area contributed by atoms with Gasteiger partial charge in [-0.2, -0.15) is 0 Å². The lowest BCUT2D eigenvalue weighted by Crippen LogP contribution is -2.40. The average molecular weight is 304 g/mol. The summed E-state index contributed by atoms with van der Waals surface area (Å²) >= 11 is 7.91. The first-order valence-electron chi connectivity index (χ1n) is 6.72. The minimum Gasteiger partial charge on any atom is -0.334 e. The van der Waals surface area contributed by atoms with E-state index in [0.717, 1.165) is 6.42 Å². The minimum atomic E-state index is -1.76. The molecule has 1 heterocycles. The van der Waals surface area contributed by atoms with Gasteiger partial charge in [0.1, 0.15) is 5.47 Å². The lowest BCUT2D eigenvalue weighted by atomic mass is 9.77. The Morgan fingerprint density at radius 2 is 2.11 bits per heavy atom. The molecule has 0 spiro atoms. The number of hydrogen-bond acceptors (Lipinski definition) is 3. The molecule has 4 heteroatoms. The van der Waals surface area contributed by atoms with Crippen molar-refractivity contribution in [2.75, 3.05) is 0 Å². The number of hydrogen-bond donors (Lipinski definition) is 0. The van der Waals surface area contributed by atoms with Crippen LogP contribution in [-0.4, -0.2) is 16.0 Å². The summed E-state index contributed by atoms with van der Waals surface area (Å²) in [5, 5.41) is 0.671. The van der Waals surface area contributed by atoms with E-state index >= 15 is 0 Å².